The first-order chi connectivity index (χ1) is 11.7. The Labute approximate surface area is 141 Å². The minimum Gasteiger partial charge on any atom is -0.346 e. The van der Waals surface area contributed by atoms with Crippen LogP contribution < -0.4 is 5.73 Å². The van der Waals surface area contributed by atoms with Crippen LogP contribution in [-0.2, 0) is 13.0 Å². The van der Waals surface area contributed by atoms with E-state index in [1.807, 2.05) is 24.5 Å². The molecule has 0 radical (unpaired) electrons. The first kappa shape index (κ1) is 15.2. The number of pyridine rings is 1. The van der Waals surface area contributed by atoms with Gasteiger partial charge in [0.15, 0.2) is 0 Å². The maximum Gasteiger partial charge on any atom is 0.137 e. The highest BCUT2D eigenvalue weighted by Gasteiger charge is 2.19. The van der Waals surface area contributed by atoms with Crippen LogP contribution in [0.3, 0.4) is 0 Å². The number of aromatic nitrogens is 4. The second kappa shape index (κ2) is 6.30. The highest BCUT2D eigenvalue weighted by Crippen LogP contribution is 2.23. The molecule has 4 rings (SSSR count). The van der Waals surface area contributed by atoms with Crippen LogP contribution >= 0.6 is 0 Å². The first-order valence-corrected chi connectivity index (χ1v) is 8.50. The second-order valence-electron chi connectivity index (χ2n) is 6.48. The van der Waals surface area contributed by atoms with Gasteiger partial charge >= 0.3 is 0 Å². The lowest BCUT2D eigenvalue weighted by atomic mass is 10.1. The summed E-state index contributed by atoms with van der Waals surface area (Å²) in [6, 6.07) is 6.51. The lowest BCUT2D eigenvalue weighted by Crippen LogP contribution is -2.26. The molecular weight excluding hydrogens is 300 g/mol. The molecule has 3 N–H and O–H groups in total. The number of hydrogen-bond donors (Lipinski definition) is 2. The molecule has 0 spiro atoms. The summed E-state index contributed by atoms with van der Waals surface area (Å²) < 4.78 is 0. The van der Waals surface area contributed by atoms with Crippen molar-refractivity contribution in [2.75, 3.05) is 13.1 Å². The number of aromatic amines is 1. The van der Waals surface area contributed by atoms with Crippen molar-refractivity contribution in [2.24, 2.45) is 5.73 Å². The summed E-state index contributed by atoms with van der Waals surface area (Å²) in [6.45, 7) is 4.94. The molecule has 1 atom stereocenters. The second-order valence-corrected chi connectivity index (χ2v) is 6.48. The number of H-pyrrole nitrogens is 1. The van der Waals surface area contributed by atoms with Crippen LogP contribution in [0.2, 0.25) is 0 Å². The minimum absolute atomic E-state index is 0.296. The SMILES string of the molecule is CCc1c[nH]c2ncc(-c3ccc(CN4CCC(N)C4)nn3)cc12. The summed E-state index contributed by atoms with van der Waals surface area (Å²) in [6.07, 6.45) is 5.92. The van der Waals surface area contributed by atoms with Crippen molar-refractivity contribution in [2.45, 2.75) is 32.4 Å². The number of rotatable bonds is 4. The van der Waals surface area contributed by atoms with Crippen LogP contribution in [0.4, 0.5) is 0 Å². The van der Waals surface area contributed by atoms with E-state index >= 15 is 0 Å². The number of nitrogens with two attached hydrogens (primary N) is 1. The van der Waals surface area contributed by atoms with Gasteiger partial charge < -0.3 is 10.7 Å². The molecule has 1 saturated heterocycles. The van der Waals surface area contributed by atoms with E-state index in [9.17, 15) is 0 Å². The Bertz CT molecular complexity index is 838. The highest BCUT2D eigenvalue weighted by molar-refractivity contribution is 5.83. The molecule has 0 saturated carbocycles. The fraction of sp³-hybridized carbons (Fsp3) is 0.389. The summed E-state index contributed by atoms with van der Waals surface area (Å²) in [4.78, 5) is 10.0. The predicted octanol–water partition coefficient (Wildman–Crippen LogP) is 2.12. The van der Waals surface area contributed by atoms with Gasteiger partial charge in [0.05, 0.1) is 11.4 Å². The summed E-state index contributed by atoms with van der Waals surface area (Å²) in [5.41, 5.74) is 11.0. The fourth-order valence-electron chi connectivity index (χ4n) is 3.32. The Kier molecular flexibility index (Phi) is 4.00. The topological polar surface area (TPSA) is 83.7 Å². The third kappa shape index (κ3) is 2.90. The monoisotopic (exact) mass is 322 g/mol. The van der Waals surface area contributed by atoms with E-state index < -0.39 is 0 Å². The van der Waals surface area contributed by atoms with Gasteiger partial charge in [0.2, 0.25) is 0 Å². The molecule has 4 heterocycles. The predicted molar refractivity (Wildman–Crippen MR) is 94.4 cm³/mol. The number of fused-ring (bicyclic) bond motifs is 1. The molecule has 0 bridgehead atoms. The Hall–Kier alpha value is -2.31. The van der Waals surface area contributed by atoms with Crippen molar-refractivity contribution in [3.63, 3.8) is 0 Å². The number of hydrogen-bond acceptors (Lipinski definition) is 5. The maximum atomic E-state index is 5.95. The largest absolute Gasteiger partial charge is 0.346 e. The van der Waals surface area contributed by atoms with Crippen molar-refractivity contribution >= 4 is 11.0 Å². The normalized spacial score (nSPS) is 18.5. The van der Waals surface area contributed by atoms with Crippen molar-refractivity contribution in [3.05, 3.63) is 41.9 Å². The zero-order chi connectivity index (χ0) is 16.5. The Morgan fingerprint density at radius 2 is 2.25 bits per heavy atom. The van der Waals surface area contributed by atoms with Gasteiger partial charge in [0.25, 0.3) is 0 Å². The Morgan fingerprint density at radius 1 is 1.33 bits per heavy atom. The average molecular weight is 322 g/mol. The zero-order valence-corrected chi connectivity index (χ0v) is 13.9. The van der Waals surface area contributed by atoms with Gasteiger partial charge in [0, 0.05) is 49.0 Å². The molecule has 3 aromatic heterocycles. The summed E-state index contributed by atoms with van der Waals surface area (Å²) >= 11 is 0. The van der Waals surface area contributed by atoms with Crippen molar-refractivity contribution in [3.8, 4) is 11.3 Å². The molecule has 6 heteroatoms. The van der Waals surface area contributed by atoms with E-state index in [2.05, 4.69) is 38.1 Å². The van der Waals surface area contributed by atoms with Crippen LogP contribution in [0, 0.1) is 0 Å². The molecule has 1 aliphatic heterocycles. The van der Waals surface area contributed by atoms with Gasteiger partial charge in [-0.3, -0.25) is 4.90 Å². The van der Waals surface area contributed by atoms with Crippen molar-refractivity contribution in [1.82, 2.24) is 25.1 Å². The summed E-state index contributed by atoms with van der Waals surface area (Å²) in [5, 5.41) is 9.94. The molecule has 6 nitrogen and oxygen atoms in total. The van der Waals surface area contributed by atoms with E-state index in [-0.39, 0.29) is 0 Å². The van der Waals surface area contributed by atoms with Crippen molar-refractivity contribution < 1.29 is 0 Å². The molecule has 0 amide bonds. The van der Waals surface area contributed by atoms with Crippen LogP contribution in [0.5, 0.6) is 0 Å². The average Bonchev–Trinajstić information content (AvgIpc) is 3.20. The van der Waals surface area contributed by atoms with Gasteiger partial charge in [-0.25, -0.2) is 4.98 Å². The molecule has 24 heavy (non-hydrogen) atoms. The summed E-state index contributed by atoms with van der Waals surface area (Å²) in [7, 11) is 0. The number of nitrogens with zero attached hydrogens (tertiary/aromatic N) is 4. The zero-order valence-electron chi connectivity index (χ0n) is 13.9. The van der Waals surface area contributed by atoms with Crippen LogP contribution in [0.25, 0.3) is 22.3 Å². The molecule has 1 aliphatic rings. The molecule has 3 aromatic rings. The Balaban J connectivity index is 1.56. The molecular formula is C18H22N6. The first-order valence-electron chi connectivity index (χ1n) is 8.50. The third-order valence-electron chi connectivity index (χ3n) is 4.71. The van der Waals surface area contributed by atoms with Gasteiger partial charge in [-0.2, -0.15) is 10.2 Å². The fourth-order valence-corrected chi connectivity index (χ4v) is 3.32. The van der Waals surface area contributed by atoms with Gasteiger partial charge in [-0.1, -0.05) is 6.92 Å². The van der Waals surface area contributed by atoms with Gasteiger partial charge in [-0.05, 0) is 36.6 Å². The van der Waals surface area contributed by atoms with Gasteiger partial charge in [-0.15, -0.1) is 0 Å². The molecule has 0 aromatic carbocycles. The molecule has 124 valence electrons. The molecule has 0 aliphatic carbocycles. The standard InChI is InChI=1S/C18H22N6/c1-2-12-8-20-18-16(12)7-13(9-21-18)17-4-3-15(22-23-17)11-24-6-5-14(19)10-24/h3-4,7-9,14H,2,5-6,10-11,19H2,1H3,(H,20,21). The number of aryl methyl sites for hydroxylation is 1. The lowest BCUT2D eigenvalue weighted by molar-refractivity contribution is 0.321. The van der Waals surface area contributed by atoms with Crippen LogP contribution in [0.1, 0.15) is 24.6 Å². The number of likely N-dealkylation sites (tertiary alicyclic amines) is 1. The van der Waals surface area contributed by atoms with E-state index in [4.69, 9.17) is 5.73 Å². The molecule has 1 unspecified atom stereocenters. The minimum atomic E-state index is 0.296. The number of nitrogens with one attached hydrogen (secondary N) is 1. The highest BCUT2D eigenvalue weighted by atomic mass is 15.2. The van der Waals surface area contributed by atoms with E-state index in [0.717, 1.165) is 60.5 Å². The third-order valence-corrected chi connectivity index (χ3v) is 4.71. The van der Waals surface area contributed by atoms with Crippen molar-refractivity contribution in [1.29, 1.82) is 0 Å². The lowest BCUT2D eigenvalue weighted by Gasteiger charge is -2.14. The van der Waals surface area contributed by atoms with E-state index in [0.29, 0.717) is 6.04 Å². The van der Waals surface area contributed by atoms with Gasteiger partial charge in [0.1, 0.15) is 5.65 Å². The van der Waals surface area contributed by atoms with E-state index in [1.165, 1.54) is 5.56 Å². The summed E-state index contributed by atoms with van der Waals surface area (Å²) in [5.74, 6) is 0. The van der Waals surface area contributed by atoms with Crippen LogP contribution in [-0.4, -0.2) is 44.2 Å². The smallest absolute Gasteiger partial charge is 0.137 e. The van der Waals surface area contributed by atoms with E-state index in [1.54, 1.807) is 0 Å². The quantitative estimate of drug-likeness (QED) is 0.768. The van der Waals surface area contributed by atoms with Crippen LogP contribution in [0.15, 0.2) is 30.6 Å². The maximum absolute atomic E-state index is 5.95. The molecule has 1 fully saturated rings. The Morgan fingerprint density at radius 3 is 2.96 bits per heavy atom.